The number of H-pyrrole nitrogens is 1. The Morgan fingerprint density at radius 3 is 2.27 bits per heavy atom. The van der Waals surface area contributed by atoms with Crippen molar-refractivity contribution in [2.24, 2.45) is 0 Å². The lowest BCUT2D eigenvalue weighted by Crippen LogP contribution is -2.33. The number of amides is 1. The number of nitrogens with zero attached hydrogens (tertiary/aromatic N) is 1. The normalized spacial score (nSPS) is 12.8. The number of carbonyl (C=O) groups is 1. The summed E-state index contributed by atoms with van der Waals surface area (Å²) >= 11 is 0. The SMILES string of the molecule is CC.CNCC(=O)N(C)OC.Fc1ccc(-c2[nH]c3c(F)cc(F)cc3c2C2CCC2)cc1. The Bertz CT molecular complexity index is 1050. The van der Waals surface area contributed by atoms with Crippen molar-refractivity contribution in [2.45, 2.75) is 39.0 Å². The summed E-state index contributed by atoms with van der Waals surface area (Å²) in [4.78, 5) is 18.4. The molecule has 8 heteroatoms. The minimum Gasteiger partial charge on any atom is -0.352 e. The number of hydroxylamine groups is 2. The Kier molecular flexibility index (Phi) is 9.94. The molecule has 4 rings (SSSR count). The first-order valence-corrected chi connectivity index (χ1v) is 11.1. The number of likely N-dealkylation sites (N-methyl/N-ethyl adjacent to an activating group) is 2. The van der Waals surface area contributed by atoms with Crippen molar-refractivity contribution >= 4 is 16.8 Å². The maximum Gasteiger partial charge on any atom is 0.259 e. The zero-order valence-corrected chi connectivity index (χ0v) is 19.8. The van der Waals surface area contributed by atoms with Gasteiger partial charge in [0.05, 0.1) is 24.9 Å². The molecule has 1 aliphatic rings. The maximum absolute atomic E-state index is 14.1. The summed E-state index contributed by atoms with van der Waals surface area (Å²) in [6.45, 7) is 4.31. The van der Waals surface area contributed by atoms with Crippen LogP contribution in [-0.4, -0.2) is 43.7 Å². The van der Waals surface area contributed by atoms with E-state index < -0.39 is 11.6 Å². The van der Waals surface area contributed by atoms with Crippen LogP contribution in [-0.2, 0) is 9.63 Å². The number of aromatic amines is 1. The molecule has 0 unspecified atom stereocenters. The number of nitrogens with one attached hydrogen (secondary N) is 2. The van der Waals surface area contributed by atoms with Crippen LogP contribution in [0.2, 0.25) is 0 Å². The van der Waals surface area contributed by atoms with Crippen LogP contribution in [0.4, 0.5) is 13.2 Å². The van der Waals surface area contributed by atoms with Crippen molar-refractivity contribution in [3.05, 3.63) is 59.4 Å². The molecule has 3 aromatic rings. The van der Waals surface area contributed by atoms with Gasteiger partial charge in [0.25, 0.3) is 5.91 Å². The first-order valence-electron chi connectivity index (χ1n) is 11.1. The standard InChI is InChI=1S/C18H14F3N.C5H12N2O2.C2H6/c19-12-6-4-11(5-7-12)17-16(10-2-1-3-10)14-8-13(20)9-15(21)18(14)22-17;1-6-4-5(8)7(2)9-3;1-2/h4-10,22H,1-3H2;6H,4H2,1-3H3;1-2H3. The van der Waals surface area contributed by atoms with Crippen LogP contribution in [0, 0.1) is 17.5 Å². The van der Waals surface area contributed by atoms with Gasteiger partial charge >= 0.3 is 0 Å². The Hall–Kier alpha value is -2.84. The summed E-state index contributed by atoms with van der Waals surface area (Å²) in [6.07, 6.45) is 3.15. The molecule has 1 aromatic heterocycles. The van der Waals surface area contributed by atoms with Gasteiger partial charge in [-0.05, 0) is 67.3 Å². The second-order valence-corrected chi connectivity index (χ2v) is 7.46. The number of carbonyl (C=O) groups excluding carboxylic acids is 1. The van der Waals surface area contributed by atoms with Gasteiger partial charge in [0.2, 0.25) is 0 Å². The fraction of sp³-hybridized carbons (Fsp3) is 0.400. The largest absolute Gasteiger partial charge is 0.352 e. The highest BCUT2D eigenvalue weighted by molar-refractivity contribution is 5.92. The van der Waals surface area contributed by atoms with Crippen molar-refractivity contribution in [1.82, 2.24) is 15.4 Å². The molecule has 2 N–H and O–H groups in total. The highest BCUT2D eigenvalue weighted by atomic mass is 19.1. The molecule has 1 amide bonds. The summed E-state index contributed by atoms with van der Waals surface area (Å²) in [5.74, 6) is -1.27. The van der Waals surface area contributed by atoms with E-state index in [0.717, 1.165) is 42.1 Å². The molecular weight excluding hydrogens is 431 g/mol. The lowest BCUT2D eigenvalue weighted by Gasteiger charge is -2.26. The highest BCUT2D eigenvalue weighted by Crippen LogP contribution is 2.45. The molecule has 0 bridgehead atoms. The van der Waals surface area contributed by atoms with E-state index in [1.165, 1.54) is 30.4 Å². The zero-order chi connectivity index (χ0) is 24.5. The number of rotatable bonds is 5. The van der Waals surface area contributed by atoms with E-state index in [2.05, 4.69) is 15.1 Å². The molecule has 1 saturated carbocycles. The molecule has 0 radical (unpaired) electrons. The van der Waals surface area contributed by atoms with Crippen LogP contribution in [0.25, 0.3) is 22.2 Å². The second kappa shape index (κ2) is 12.4. The van der Waals surface area contributed by atoms with Gasteiger partial charge in [-0.25, -0.2) is 18.2 Å². The van der Waals surface area contributed by atoms with Crippen LogP contribution >= 0.6 is 0 Å². The van der Waals surface area contributed by atoms with Crippen LogP contribution in [0.15, 0.2) is 36.4 Å². The fourth-order valence-electron chi connectivity index (χ4n) is 3.57. The minimum atomic E-state index is -0.594. The third-order valence-electron chi connectivity index (χ3n) is 5.46. The Balaban J connectivity index is 0.000000299. The monoisotopic (exact) mass is 463 g/mol. The average molecular weight is 464 g/mol. The molecule has 2 aromatic carbocycles. The Labute approximate surface area is 192 Å². The topological polar surface area (TPSA) is 57.4 Å². The number of benzene rings is 2. The van der Waals surface area contributed by atoms with Gasteiger partial charge in [-0.15, -0.1) is 0 Å². The molecular formula is C25H32F3N3O2. The Morgan fingerprint density at radius 2 is 1.76 bits per heavy atom. The van der Waals surface area contributed by atoms with E-state index in [1.54, 1.807) is 26.2 Å². The first-order chi connectivity index (χ1) is 15.8. The smallest absolute Gasteiger partial charge is 0.259 e. The molecule has 0 saturated heterocycles. The van der Waals surface area contributed by atoms with Crippen LogP contribution in [0.5, 0.6) is 0 Å². The van der Waals surface area contributed by atoms with Gasteiger partial charge in [0.1, 0.15) is 17.5 Å². The first kappa shape index (κ1) is 26.4. The molecule has 180 valence electrons. The van der Waals surface area contributed by atoms with Gasteiger partial charge in [-0.1, -0.05) is 20.3 Å². The number of halogens is 3. The second-order valence-electron chi connectivity index (χ2n) is 7.46. The van der Waals surface area contributed by atoms with Crippen molar-refractivity contribution in [3.8, 4) is 11.3 Å². The van der Waals surface area contributed by atoms with Gasteiger partial charge < -0.3 is 10.3 Å². The molecule has 1 heterocycles. The predicted molar refractivity (Wildman–Crippen MR) is 125 cm³/mol. The number of hydrogen-bond acceptors (Lipinski definition) is 3. The van der Waals surface area contributed by atoms with E-state index in [0.29, 0.717) is 23.4 Å². The summed E-state index contributed by atoms with van der Waals surface area (Å²) in [5.41, 5.74) is 2.83. The molecule has 0 atom stereocenters. The van der Waals surface area contributed by atoms with Crippen LogP contribution in [0.3, 0.4) is 0 Å². The molecule has 1 aliphatic carbocycles. The third kappa shape index (κ3) is 6.36. The zero-order valence-electron chi connectivity index (χ0n) is 19.8. The van der Waals surface area contributed by atoms with Gasteiger partial charge in [0, 0.05) is 18.5 Å². The molecule has 0 spiro atoms. The predicted octanol–water partition coefficient (Wildman–Crippen LogP) is 5.77. The summed E-state index contributed by atoms with van der Waals surface area (Å²) in [7, 11) is 4.73. The molecule has 1 fully saturated rings. The van der Waals surface area contributed by atoms with Crippen molar-refractivity contribution in [1.29, 1.82) is 0 Å². The summed E-state index contributed by atoms with van der Waals surface area (Å²) < 4.78 is 40.8. The number of fused-ring (bicyclic) bond motifs is 1. The maximum atomic E-state index is 14.1. The average Bonchev–Trinajstić information content (AvgIpc) is 3.14. The third-order valence-corrected chi connectivity index (χ3v) is 5.46. The van der Waals surface area contributed by atoms with Crippen LogP contribution in [0.1, 0.15) is 44.6 Å². The number of aromatic nitrogens is 1. The van der Waals surface area contributed by atoms with Gasteiger partial charge in [0.15, 0.2) is 0 Å². The van der Waals surface area contributed by atoms with E-state index in [4.69, 9.17) is 0 Å². The van der Waals surface area contributed by atoms with E-state index in [1.807, 2.05) is 13.8 Å². The van der Waals surface area contributed by atoms with Gasteiger partial charge in [-0.3, -0.25) is 9.63 Å². The minimum absolute atomic E-state index is 0.0833. The van der Waals surface area contributed by atoms with Crippen LogP contribution < -0.4 is 5.32 Å². The van der Waals surface area contributed by atoms with E-state index >= 15 is 0 Å². The lowest BCUT2D eigenvalue weighted by molar-refractivity contribution is -0.167. The molecule has 33 heavy (non-hydrogen) atoms. The summed E-state index contributed by atoms with van der Waals surface area (Å²) in [5, 5.41) is 4.49. The lowest BCUT2D eigenvalue weighted by atomic mass is 9.78. The molecule has 5 nitrogen and oxygen atoms in total. The van der Waals surface area contributed by atoms with E-state index in [-0.39, 0.29) is 11.7 Å². The highest BCUT2D eigenvalue weighted by Gasteiger charge is 2.27. The summed E-state index contributed by atoms with van der Waals surface area (Å²) in [6, 6.07) is 8.35. The fourth-order valence-corrected chi connectivity index (χ4v) is 3.57. The Morgan fingerprint density at radius 1 is 1.12 bits per heavy atom. The number of hydrogen-bond donors (Lipinski definition) is 2. The van der Waals surface area contributed by atoms with Crippen molar-refractivity contribution < 1.29 is 22.8 Å². The van der Waals surface area contributed by atoms with E-state index in [9.17, 15) is 18.0 Å². The quantitative estimate of drug-likeness (QED) is 0.472. The van der Waals surface area contributed by atoms with Gasteiger partial charge in [-0.2, -0.15) is 0 Å². The van der Waals surface area contributed by atoms with Crippen molar-refractivity contribution in [3.63, 3.8) is 0 Å². The van der Waals surface area contributed by atoms with Crippen molar-refractivity contribution in [2.75, 3.05) is 27.7 Å². The molecule has 0 aliphatic heterocycles.